The Balaban J connectivity index is 2.60. The molecule has 1 amide bonds. The third kappa shape index (κ3) is 8.94. The first-order valence-electron chi connectivity index (χ1n) is 8.71. The first-order chi connectivity index (χ1) is 12.5. The Morgan fingerprint density at radius 3 is 2.07 bits per heavy atom. The van der Waals surface area contributed by atoms with Crippen LogP contribution in [0.15, 0.2) is 24.3 Å². The molecule has 0 aromatic heterocycles. The summed E-state index contributed by atoms with van der Waals surface area (Å²) in [4.78, 5) is 34.6. The summed E-state index contributed by atoms with van der Waals surface area (Å²) in [7, 11) is 0. The molecule has 8 nitrogen and oxygen atoms in total. The van der Waals surface area contributed by atoms with Gasteiger partial charge >= 0.3 is 18.0 Å². The van der Waals surface area contributed by atoms with Gasteiger partial charge in [0.1, 0.15) is 17.4 Å². The normalized spacial score (nSPS) is 13.4. The van der Waals surface area contributed by atoms with Gasteiger partial charge in [0, 0.05) is 0 Å². The van der Waals surface area contributed by atoms with Crippen LogP contribution in [-0.2, 0) is 20.7 Å². The number of hydrogen-bond acceptors (Lipinski definition) is 5. The van der Waals surface area contributed by atoms with Gasteiger partial charge in [0.2, 0.25) is 0 Å². The number of phenolic OH excluding ortho intramolecular Hbond substituents is 1. The van der Waals surface area contributed by atoms with Crippen LogP contribution in [0.1, 0.15) is 45.6 Å². The van der Waals surface area contributed by atoms with E-state index in [9.17, 15) is 29.7 Å². The molecular weight excluding hydrogens is 354 g/mol. The lowest BCUT2D eigenvalue weighted by molar-refractivity contribution is -0.144. The molecule has 0 aliphatic heterocycles. The molecular formula is C19H27NO7. The van der Waals surface area contributed by atoms with Crippen molar-refractivity contribution in [2.24, 2.45) is 5.92 Å². The van der Waals surface area contributed by atoms with E-state index in [1.54, 1.807) is 32.9 Å². The summed E-state index contributed by atoms with van der Waals surface area (Å²) in [5.74, 6) is -2.88. The Morgan fingerprint density at radius 2 is 1.59 bits per heavy atom. The molecule has 0 radical (unpaired) electrons. The minimum atomic E-state index is -1.25. The van der Waals surface area contributed by atoms with Crippen molar-refractivity contribution in [3.8, 4) is 5.75 Å². The van der Waals surface area contributed by atoms with Crippen LogP contribution in [-0.4, -0.2) is 45.0 Å². The fraction of sp³-hybridized carbons (Fsp3) is 0.526. The summed E-state index contributed by atoms with van der Waals surface area (Å²) in [6.07, 6.45) is 0.0140. The number of ether oxygens (including phenoxy) is 1. The highest BCUT2D eigenvalue weighted by molar-refractivity contribution is 5.80. The van der Waals surface area contributed by atoms with Gasteiger partial charge in [0.05, 0.1) is 5.92 Å². The largest absolute Gasteiger partial charge is 0.508 e. The van der Waals surface area contributed by atoms with Crippen molar-refractivity contribution in [1.29, 1.82) is 0 Å². The number of hydrogen-bond donors (Lipinski definition) is 4. The van der Waals surface area contributed by atoms with E-state index in [0.29, 0.717) is 12.8 Å². The zero-order chi connectivity index (χ0) is 20.6. The summed E-state index contributed by atoms with van der Waals surface area (Å²) < 4.78 is 5.04. The van der Waals surface area contributed by atoms with Crippen LogP contribution in [0, 0.1) is 5.92 Å². The van der Waals surface area contributed by atoms with Crippen LogP contribution < -0.4 is 5.32 Å². The molecule has 1 unspecified atom stereocenters. The van der Waals surface area contributed by atoms with Crippen LogP contribution in [0.4, 0.5) is 4.79 Å². The van der Waals surface area contributed by atoms with Crippen molar-refractivity contribution < 1.29 is 34.4 Å². The maximum Gasteiger partial charge on any atom is 0.408 e. The Bertz CT molecular complexity index is 649. The maximum absolute atomic E-state index is 11.8. The van der Waals surface area contributed by atoms with Crippen molar-refractivity contribution in [2.45, 2.75) is 58.1 Å². The summed E-state index contributed by atoms with van der Waals surface area (Å²) in [6.45, 7) is 4.98. The number of alkyl carbamates (subject to hydrolysis) is 1. The number of benzene rings is 1. The second-order valence-electron chi connectivity index (χ2n) is 7.35. The predicted octanol–water partition coefficient (Wildman–Crippen LogP) is 2.78. The first kappa shape index (κ1) is 22.3. The number of carboxylic acid groups (broad SMARTS) is 2. The van der Waals surface area contributed by atoms with E-state index in [4.69, 9.17) is 4.74 Å². The second-order valence-corrected chi connectivity index (χ2v) is 7.35. The molecule has 1 rings (SSSR count). The molecule has 0 bridgehead atoms. The number of amides is 1. The number of aryl methyl sites for hydroxylation is 1. The Morgan fingerprint density at radius 1 is 1.00 bits per heavy atom. The van der Waals surface area contributed by atoms with Crippen molar-refractivity contribution >= 4 is 18.0 Å². The molecule has 2 atom stereocenters. The van der Waals surface area contributed by atoms with Crippen molar-refractivity contribution in [3.63, 3.8) is 0 Å². The molecule has 4 N–H and O–H groups in total. The molecule has 27 heavy (non-hydrogen) atoms. The molecule has 0 spiro atoms. The van der Waals surface area contributed by atoms with Gasteiger partial charge in [-0.1, -0.05) is 12.1 Å². The molecule has 150 valence electrons. The van der Waals surface area contributed by atoms with Gasteiger partial charge in [-0.05, 0) is 64.2 Å². The van der Waals surface area contributed by atoms with Crippen LogP contribution >= 0.6 is 0 Å². The Kier molecular flexibility index (Phi) is 8.08. The SMILES string of the molecule is CC(C)(C)OC(=O)N[C@@H](CCC(CCc1ccc(O)cc1)C(=O)O)C(=O)O. The minimum Gasteiger partial charge on any atom is -0.508 e. The maximum atomic E-state index is 11.8. The molecule has 0 heterocycles. The fourth-order valence-electron chi connectivity index (χ4n) is 2.47. The molecule has 0 aliphatic rings. The standard InChI is InChI=1S/C19H27NO7/c1-19(2,3)27-18(26)20-15(17(24)25)11-8-13(16(22)23)7-4-12-5-9-14(21)10-6-12/h5-6,9-10,13,15,21H,4,7-8,11H2,1-3H3,(H,20,26)(H,22,23)(H,24,25)/t13?,15-/m0/s1. The average Bonchev–Trinajstić information content (AvgIpc) is 2.53. The van der Waals surface area contributed by atoms with Gasteiger partial charge in [-0.3, -0.25) is 4.79 Å². The number of carbonyl (C=O) groups is 3. The highest BCUT2D eigenvalue weighted by Gasteiger charge is 2.26. The van der Waals surface area contributed by atoms with Crippen LogP contribution in [0.5, 0.6) is 5.75 Å². The van der Waals surface area contributed by atoms with E-state index < -0.39 is 35.6 Å². The summed E-state index contributed by atoms with van der Waals surface area (Å²) >= 11 is 0. The van der Waals surface area contributed by atoms with Crippen molar-refractivity contribution in [3.05, 3.63) is 29.8 Å². The van der Waals surface area contributed by atoms with Crippen LogP contribution in [0.25, 0.3) is 0 Å². The van der Waals surface area contributed by atoms with Gasteiger partial charge in [0.15, 0.2) is 0 Å². The summed E-state index contributed by atoms with van der Waals surface area (Å²) in [5, 5.41) is 30.2. The molecule has 1 aromatic carbocycles. The third-order valence-corrected chi connectivity index (χ3v) is 3.86. The van der Waals surface area contributed by atoms with E-state index in [1.807, 2.05) is 0 Å². The van der Waals surface area contributed by atoms with E-state index in [1.165, 1.54) is 12.1 Å². The fourth-order valence-corrected chi connectivity index (χ4v) is 2.47. The summed E-state index contributed by atoms with van der Waals surface area (Å²) in [5.41, 5.74) is 0.113. The minimum absolute atomic E-state index is 0.0267. The lowest BCUT2D eigenvalue weighted by Crippen LogP contribution is -2.43. The van der Waals surface area contributed by atoms with Gasteiger partial charge in [-0.25, -0.2) is 9.59 Å². The van der Waals surface area contributed by atoms with E-state index >= 15 is 0 Å². The smallest absolute Gasteiger partial charge is 0.408 e. The number of carbonyl (C=O) groups excluding carboxylic acids is 1. The number of rotatable bonds is 9. The van der Waals surface area contributed by atoms with Crippen molar-refractivity contribution in [2.75, 3.05) is 0 Å². The zero-order valence-corrected chi connectivity index (χ0v) is 15.8. The number of aliphatic carboxylic acids is 2. The molecule has 0 fully saturated rings. The van der Waals surface area contributed by atoms with Gasteiger partial charge in [-0.2, -0.15) is 0 Å². The molecule has 1 aromatic rings. The number of carboxylic acids is 2. The lowest BCUT2D eigenvalue weighted by atomic mass is 9.93. The average molecular weight is 381 g/mol. The highest BCUT2D eigenvalue weighted by Crippen LogP contribution is 2.19. The molecule has 0 aliphatic carbocycles. The zero-order valence-electron chi connectivity index (χ0n) is 15.8. The third-order valence-electron chi connectivity index (χ3n) is 3.86. The van der Waals surface area contributed by atoms with E-state index in [2.05, 4.69) is 5.32 Å². The Hall–Kier alpha value is -2.77. The number of aromatic hydroxyl groups is 1. The van der Waals surface area contributed by atoms with E-state index in [0.717, 1.165) is 5.56 Å². The molecule has 0 saturated heterocycles. The summed E-state index contributed by atoms with van der Waals surface area (Å²) in [6, 6.07) is 5.24. The van der Waals surface area contributed by atoms with Crippen LogP contribution in [0.3, 0.4) is 0 Å². The topological polar surface area (TPSA) is 133 Å². The van der Waals surface area contributed by atoms with E-state index in [-0.39, 0.29) is 18.6 Å². The van der Waals surface area contributed by atoms with Crippen molar-refractivity contribution in [1.82, 2.24) is 5.32 Å². The molecule has 0 saturated carbocycles. The van der Waals surface area contributed by atoms with Gasteiger partial charge in [0.25, 0.3) is 0 Å². The number of nitrogens with one attached hydrogen (secondary N) is 1. The second kappa shape index (κ2) is 9.80. The number of phenols is 1. The monoisotopic (exact) mass is 381 g/mol. The lowest BCUT2D eigenvalue weighted by Gasteiger charge is -2.22. The quantitative estimate of drug-likeness (QED) is 0.517. The predicted molar refractivity (Wildman–Crippen MR) is 97.6 cm³/mol. The molecule has 8 heteroatoms. The highest BCUT2D eigenvalue weighted by atomic mass is 16.6. The van der Waals surface area contributed by atoms with Crippen LogP contribution in [0.2, 0.25) is 0 Å². The van der Waals surface area contributed by atoms with Gasteiger partial charge in [-0.15, -0.1) is 0 Å². The van der Waals surface area contributed by atoms with Gasteiger partial charge < -0.3 is 25.4 Å². The Labute approximate surface area is 158 Å². The first-order valence-corrected chi connectivity index (χ1v) is 8.71.